The molecule has 3 heteroatoms. The van der Waals surface area contributed by atoms with Gasteiger partial charge in [0.25, 0.3) is 0 Å². The smallest absolute Gasteiger partial charge is 0.186 e. The van der Waals surface area contributed by atoms with Gasteiger partial charge in [0.15, 0.2) is 5.96 Å². The second-order valence-corrected chi connectivity index (χ2v) is 3.95. The van der Waals surface area contributed by atoms with Crippen molar-refractivity contribution in [3.8, 4) is 0 Å². The maximum Gasteiger partial charge on any atom is 0.186 e. The summed E-state index contributed by atoms with van der Waals surface area (Å²) in [6.07, 6.45) is 1.00. The Bertz CT molecular complexity index is 143. The summed E-state index contributed by atoms with van der Waals surface area (Å²) in [5, 5.41) is 0. The monoisotopic (exact) mass is 157 g/mol. The van der Waals surface area contributed by atoms with E-state index in [1.54, 1.807) is 0 Å². The molecule has 3 nitrogen and oxygen atoms in total. The van der Waals surface area contributed by atoms with E-state index in [0.717, 1.165) is 6.42 Å². The second kappa shape index (κ2) is 3.60. The molecular formula is C8H19N3. The Morgan fingerprint density at radius 2 is 1.82 bits per heavy atom. The summed E-state index contributed by atoms with van der Waals surface area (Å²) in [6, 6.07) is 0. The minimum Gasteiger partial charge on any atom is -0.370 e. The first-order valence-corrected chi connectivity index (χ1v) is 3.94. The molecule has 0 aromatic carbocycles. The fraction of sp³-hybridized carbons (Fsp3) is 0.875. The molecule has 4 N–H and O–H groups in total. The van der Waals surface area contributed by atoms with E-state index in [2.05, 4.69) is 18.8 Å². The van der Waals surface area contributed by atoms with Crippen molar-refractivity contribution in [3.63, 3.8) is 0 Å². The average molecular weight is 157 g/mol. The number of nitrogens with zero attached hydrogens (tertiary/aromatic N) is 1. The van der Waals surface area contributed by atoms with Gasteiger partial charge < -0.3 is 11.5 Å². The largest absolute Gasteiger partial charge is 0.370 e. The fourth-order valence-electron chi connectivity index (χ4n) is 1.39. The number of nitrogens with two attached hydrogens (primary N) is 2. The molecule has 0 aromatic rings. The van der Waals surface area contributed by atoms with Crippen molar-refractivity contribution in [3.05, 3.63) is 0 Å². The molecule has 0 saturated carbocycles. The van der Waals surface area contributed by atoms with E-state index < -0.39 is 0 Å². The first-order valence-electron chi connectivity index (χ1n) is 3.94. The molecule has 0 fully saturated rings. The maximum atomic E-state index is 5.28. The Morgan fingerprint density at radius 3 is 2.09 bits per heavy atom. The van der Waals surface area contributed by atoms with Crippen LogP contribution in [0, 0.1) is 5.92 Å². The topological polar surface area (TPSA) is 64.4 Å². The summed E-state index contributed by atoms with van der Waals surface area (Å²) in [4.78, 5) is 4.12. The van der Waals surface area contributed by atoms with Crippen LogP contribution in [0.2, 0.25) is 0 Å². The van der Waals surface area contributed by atoms with Gasteiger partial charge in [-0.25, -0.2) is 4.99 Å². The van der Waals surface area contributed by atoms with Crippen LogP contribution >= 0.6 is 0 Å². The first kappa shape index (κ1) is 10.3. The number of aliphatic imine (C=N–C) groups is 1. The Labute approximate surface area is 68.9 Å². The molecular weight excluding hydrogens is 138 g/mol. The van der Waals surface area contributed by atoms with Gasteiger partial charge in [-0.2, -0.15) is 0 Å². The average Bonchev–Trinajstić information content (AvgIpc) is 1.53. The van der Waals surface area contributed by atoms with Gasteiger partial charge in [0.1, 0.15) is 0 Å². The summed E-state index contributed by atoms with van der Waals surface area (Å²) in [7, 11) is 0. The second-order valence-electron chi connectivity index (χ2n) is 3.95. The lowest BCUT2D eigenvalue weighted by Gasteiger charge is -2.21. The van der Waals surface area contributed by atoms with E-state index in [-0.39, 0.29) is 11.5 Å². The van der Waals surface area contributed by atoms with Gasteiger partial charge in [-0.15, -0.1) is 0 Å². The standard InChI is InChI=1S/C8H19N3/c1-6(2)5-8(3,4)11-7(9)10/h6H,5H2,1-4H3,(H4,9,10,11). The minimum absolute atomic E-state index is 0.118. The van der Waals surface area contributed by atoms with Gasteiger partial charge >= 0.3 is 0 Å². The molecule has 0 radical (unpaired) electrons. The predicted octanol–water partition coefficient (Wildman–Crippen LogP) is 1.08. The zero-order valence-corrected chi connectivity index (χ0v) is 7.89. The van der Waals surface area contributed by atoms with Crippen molar-refractivity contribution in [1.82, 2.24) is 0 Å². The van der Waals surface area contributed by atoms with Crippen LogP contribution in [0.25, 0.3) is 0 Å². The van der Waals surface area contributed by atoms with Gasteiger partial charge in [-0.1, -0.05) is 13.8 Å². The van der Waals surface area contributed by atoms with Crippen LogP contribution in [0.3, 0.4) is 0 Å². The van der Waals surface area contributed by atoms with Crippen LogP contribution in [0.5, 0.6) is 0 Å². The minimum atomic E-state index is -0.118. The zero-order valence-electron chi connectivity index (χ0n) is 7.89. The number of guanidine groups is 1. The van der Waals surface area contributed by atoms with E-state index in [1.807, 2.05) is 13.8 Å². The molecule has 0 aliphatic heterocycles. The van der Waals surface area contributed by atoms with Gasteiger partial charge in [-0.05, 0) is 26.2 Å². The van der Waals surface area contributed by atoms with Crippen LogP contribution in [-0.2, 0) is 0 Å². The highest BCUT2D eigenvalue weighted by Crippen LogP contribution is 2.19. The van der Waals surface area contributed by atoms with Crippen molar-refractivity contribution in [2.45, 2.75) is 39.7 Å². The van der Waals surface area contributed by atoms with Crippen LogP contribution < -0.4 is 11.5 Å². The molecule has 0 spiro atoms. The highest BCUT2D eigenvalue weighted by Gasteiger charge is 2.17. The molecule has 0 aromatic heterocycles. The fourth-order valence-corrected chi connectivity index (χ4v) is 1.39. The maximum absolute atomic E-state index is 5.28. The quantitative estimate of drug-likeness (QED) is 0.475. The number of rotatable bonds is 3. The number of hydrogen-bond donors (Lipinski definition) is 2. The van der Waals surface area contributed by atoms with Crippen molar-refractivity contribution < 1.29 is 0 Å². The lowest BCUT2D eigenvalue weighted by Crippen LogP contribution is -2.30. The van der Waals surface area contributed by atoms with Crippen LogP contribution in [0.15, 0.2) is 4.99 Å². The SMILES string of the molecule is CC(C)CC(C)(C)N=C(N)N. The van der Waals surface area contributed by atoms with E-state index in [0.29, 0.717) is 5.92 Å². The Balaban J connectivity index is 4.11. The third-order valence-electron chi connectivity index (χ3n) is 1.34. The Kier molecular flexibility index (Phi) is 3.36. The molecule has 0 aliphatic carbocycles. The Morgan fingerprint density at radius 1 is 1.36 bits per heavy atom. The number of hydrogen-bond acceptors (Lipinski definition) is 1. The van der Waals surface area contributed by atoms with Gasteiger partial charge in [0.2, 0.25) is 0 Å². The van der Waals surface area contributed by atoms with Gasteiger partial charge in [0, 0.05) is 0 Å². The third kappa shape index (κ3) is 5.70. The third-order valence-corrected chi connectivity index (χ3v) is 1.34. The van der Waals surface area contributed by atoms with E-state index in [1.165, 1.54) is 0 Å². The molecule has 11 heavy (non-hydrogen) atoms. The Hall–Kier alpha value is -0.730. The molecule has 0 aliphatic rings. The van der Waals surface area contributed by atoms with Crippen LogP contribution in [0.4, 0.5) is 0 Å². The summed E-state index contributed by atoms with van der Waals surface area (Å²) < 4.78 is 0. The van der Waals surface area contributed by atoms with Crippen LogP contribution in [0.1, 0.15) is 34.1 Å². The van der Waals surface area contributed by atoms with E-state index in [4.69, 9.17) is 11.5 Å². The normalized spacial score (nSPS) is 11.7. The molecule has 0 unspecified atom stereocenters. The highest BCUT2D eigenvalue weighted by atomic mass is 15.0. The lowest BCUT2D eigenvalue weighted by molar-refractivity contribution is 0.402. The predicted molar refractivity (Wildman–Crippen MR) is 49.3 cm³/mol. The summed E-state index contributed by atoms with van der Waals surface area (Å²) in [6.45, 7) is 8.38. The summed E-state index contributed by atoms with van der Waals surface area (Å²) >= 11 is 0. The zero-order chi connectivity index (χ0) is 9.07. The summed E-state index contributed by atoms with van der Waals surface area (Å²) in [5.41, 5.74) is 10.4. The molecule has 0 saturated heterocycles. The molecule has 0 atom stereocenters. The molecule has 66 valence electrons. The lowest BCUT2D eigenvalue weighted by atomic mass is 9.94. The van der Waals surface area contributed by atoms with E-state index >= 15 is 0 Å². The summed E-state index contributed by atoms with van der Waals surface area (Å²) in [5.74, 6) is 0.795. The van der Waals surface area contributed by atoms with Gasteiger partial charge in [-0.3, -0.25) is 0 Å². The van der Waals surface area contributed by atoms with E-state index in [9.17, 15) is 0 Å². The molecule has 0 rings (SSSR count). The van der Waals surface area contributed by atoms with Crippen LogP contribution in [-0.4, -0.2) is 11.5 Å². The van der Waals surface area contributed by atoms with Crippen molar-refractivity contribution in [2.24, 2.45) is 22.4 Å². The van der Waals surface area contributed by atoms with Crippen molar-refractivity contribution in [2.75, 3.05) is 0 Å². The molecule has 0 bridgehead atoms. The van der Waals surface area contributed by atoms with Crippen molar-refractivity contribution in [1.29, 1.82) is 0 Å². The molecule has 0 heterocycles. The molecule has 0 amide bonds. The first-order chi connectivity index (χ1) is 4.83. The van der Waals surface area contributed by atoms with Crippen molar-refractivity contribution >= 4 is 5.96 Å². The van der Waals surface area contributed by atoms with Gasteiger partial charge in [0.05, 0.1) is 5.54 Å². The highest BCUT2D eigenvalue weighted by molar-refractivity contribution is 5.76.